The van der Waals surface area contributed by atoms with Gasteiger partial charge in [0.15, 0.2) is 0 Å². The first-order chi connectivity index (χ1) is 21.5. The average Bonchev–Trinajstić information content (AvgIpc) is 3.64. The van der Waals surface area contributed by atoms with Gasteiger partial charge in [0.25, 0.3) is 16.0 Å². The standard InChI is InChI=1S/C33H21N3O6S3/c1-17-2-12-26-28(29(17)45(40,41)42)44-32(36-26)22-9-13-25-27(16-22)43-31(35-25)18-7-10-24(11-8-18)34-30(37)21-5-3-20-15-23(33(38)39)6-4-19(20)14-21/h2-16H,1H3,(H,34,37)(H,38,39)(H,40,41,42). The Morgan fingerprint density at radius 1 is 0.733 bits per heavy atom. The first kappa shape index (κ1) is 28.7. The summed E-state index contributed by atoms with van der Waals surface area (Å²) >= 11 is 2.72. The third-order valence-electron chi connectivity index (χ3n) is 7.34. The van der Waals surface area contributed by atoms with Gasteiger partial charge in [-0.05, 0) is 96.1 Å². The van der Waals surface area contributed by atoms with E-state index in [4.69, 9.17) is 4.98 Å². The number of aromatic carboxylic acids is 1. The van der Waals surface area contributed by atoms with E-state index in [0.717, 1.165) is 37.1 Å². The van der Waals surface area contributed by atoms with Crippen LogP contribution < -0.4 is 5.32 Å². The third-order valence-corrected chi connectivity index (χ3v) is 10.7. The summed E-state index contributed by atoms with van der Waals surface area (Å²) in [4.78, 5) is 33.4. The zero-order valence-electron chi connectivity index (χ0n) is 23.3. The molecule has 0 atom stereocenters. The molecule has 0 unspecified atom stereocenters. The molecule has 9 nitrogen and oxygen atoms in total. The number of amides is 1. The number of carboxylic acid groups (broad SMARTS) is 1. The minimum Gasteiger partial charge on any atom is -0.478 e. The molecule has 45 heavy (non-hydrogen) atoms. The Morgan fingerprint density at radius 3 is 2.07 bits per heavy atom. The zero-order chi connectivity index (χ0) is 31.5. The number of anilines is 1. The predicted octanol–water partition coefficient (Wildman–Crippen LogP) is 7.90. The van der Waals surface area contributed by atoms with Crippen molar-refractivity contribution in [1.82, 2.24) is 9.97 Å². The monoisotopic (exact) mass is 651 g/mol. The maximum atomic E-state index is 12.9. The molecule has 0 fully saturated rings. The highest BCUT2D eigenvalue weighted by Gasteiger charge is 2.21. The van der Waals surface area contributed by atoms with Gasteiger partial charge in [-0.1, -0.05) is 18.2 Å². The van der Waals surface area contributed by atoms with E-state index in [1.807, 2.05) is 30.3 Å². The van der Waals surface area contributed by atoms with Crippen LogP contribution in [0.2, 0.25) is 0 Å². The van der Waals surface area contributed by atoms with Gasteiger partial charge < -0.3 is 10.4 Å². The largest absolute Gasteiger partial charge is 0.478 e. The van der Waals surface area contributed by atoms with Gasteiger partial charge in [0, 0.05) is 22.4 Å². The summed E-state index contributed by atoms with van der Waals surface area (Å²) in [5, 5.41) is 15.0. The lowest BCUT2D eigenvalue weighted by atomic mass is 10.0. The van der Waals surface area contributed by atoms with Crippen LogP contribution in [0.3, 0.4) is 0 Å². The molecule has 0 radical (unpaired) electrons. The highest BCUT2D eigenvalue weighted by atomic mass is 32.2. The lowest BCUT2D eigenvalue weighted by Crippen LogP contribution is -2.11. The summed E-state index contributed by atoms with van der Waals surface area (Å²) in [6.07, 6.45) is 0. The van der Waals surface area contributed by atoms with E-state index in [9.17, 15) is 27.7 Å². The normalized spacial score (nSPS) is 11.8. The predicted molar refractivity (Wildman–Crippen MR) is 177 cm³/mol. The van der Waals surface area contributed by atoms with Crippen molar-refractivity contribution < 1.29 is 27.7 Å². The molecule has 222 valence electrons. The molecule has 0 spiro atoms. The number of carbonyl (C=O) groups excluding carboxylic acids is 1. The van der Waals surface area contributed by atoms with Crippen LogP contribution in [-0.4, -0.2) is 39.9 Å². The van der Waals surface area contributed by atoms with Gasteiger partial charge in [0.1, 0.15) is 14.9 Å². The summed E-state index contributed by atoms with van der Waals surface area (Å²) in [5.41, 5.74) is 4.71. The SMILES string of the molecule is Cc1ccc2nc(-c3ccc4nc(-c5ccc(NC(=O)c6ccc7cc(C(=O)O)ccc7c6)cc5)sc4c3)sc2c1S(=O)(=O)O. The molecular weight excluding hydrogens is 631 g/mol. The molecule has 0 aliphatic heterocycles. The smallest absolute Gasteiger partial charge is 0.335 e. The van der Waals surface area contributed by atoms with Gasteiger partial charge in [0.05, 0.1) is 26.0 Å². The number of nitrogens with zero attached hydrogens (tertiary/aromatic N) is 2. The molecule has 12 heteroatoms. The van der Waals surface area contributed by atoms with Crippen LogP contribution in [0.1, 0.15) is 26.3 Å². The van der Waals surface area contributed by atoms with Crippen LogP contribution in [0.4, 0.5) is 5.69 Å². The van der Waals surface area contributed by atoms with E-state index in [-0.39, 0.29) is 16.4 Å². The number of rotatable bonds is 6. The highest BCUT2D eigenvalue weighted by Crippen LogP contribution is 2.38. The van der Waals surface area contributed by atoms with Crippen molar-refractivity contribution in [1.29, 1.82) is 0 Å². The van der Waals surface area contributed by atoms with Crippen molar-refractivity contribution in [2.45, 2.75) is 11.8 Å². The van der Waals surface area contributed by atoms with Crippen LogP contribution in [0.25, 0.3) is 52.3 Å². The molecule has 0 bridgehead atoms. The number of carboxylic acids is 1. The van der Waals surface area contributed by atoms with Crippen molar-refractivity contribution in [2.75, 3.05) is 5.32 Å². The van der Waals surface area contributed by atoms with Crippen molar-refractivity contribution in [3.63, 3.8) is 0 Å². The summed E-state index contributed by atoms with van der Waals surface area (Å²) in [7, 11) is -4.40. The number of carbonyl (C=O) groups is 2. The maximum Gasteiger partial charge on any atom is 0.335 e. The topological polar surface area (TPSA) is 147 Å². The fourth-order valence-electron chi connectivity index (χ4n) is 5.11. The Bertz CT molecular complexity index is 2450. The molecular formula is C33H21N3O6S3. The molecule has 7 aromatic rings. The van der Waals surface area contributed by atoms with E-state index < -0.39 is 16.1 Å². The molecule has 0 saturated carbocycles. The first-order valence-corrected chi connectivity index (χ1v) is 16.6. The van der Waals surface area contributed by atoms with Crippen LogP contribution in [0, 0.1) is 6.92 Å². The Balaban J connectivity index is 1.11. The summed E-state index contributed by atoms with van der Waals surface area (Å²) in [6.45, 7) is 1.64. The quantitative estimate of drug-likeness (QED) is 0.154. The van der Waals surface area contributed by atoms with Gasteiger partial charge in [-0.25, -0.2) is 14.8 Å². The molecule has 3 N–H and O–H groups in total. The van der Waals surface area contributed by atoms with Crippen molar-refractivity contribution >= 4 is 81.6 Å². The summed E-state index contributed by atoms with van der Waals surface area (Å²) in [5.74, 6) is -1.29. The van der Waals surface area contributed by atoms with Crippen molar-refractivity contribution in [3.05, 3.63) is 108 Å². The Morgan fingerprint density at radius 2 is 1.36 bits per heavy atom. The molecule has 2 heterocycles. The second kappa shape index (κ2) is 10.9. The number of aryl methyl sites for hydroxylation is 1. The number of fused-ring (bicyclic) bond motifs is 3. The van der Waals surface area contributed by atoms with Crippen molar-refractivity contribution in [2.24, 2.45) is 0 Å². The number of hydrogen-bond acceptors (Lipinski definition) is 8. The zero-order valence-corrected chi connectivity index (χ0v) is 25.8. The molecule has 0 aliphatic carbocycles. The molecule has 1 amide bonds. The molecule has 7 rings (SSSR count). The van der Waals surface area contributed by atoms with Crippen LogP contribution in [0.5, 0.6) is 0 Å². The van der Waals surface area contributed by atoms with Crippen molar-refractivity contribution in [3.8, 4) is 21.1 Å². The lowest BCUT2D eigenvalue weighted by Gasteiger charge is -2.07. The molecule has 0 saturated heterocycles. The fourth-order valence-corrected chi connectivity index (χ4v) is 8.43. The number of hydrogen-bond donors (Lipinski definition) is 3. The minimum absolute atomic E-state index is 0.113. The second-order valence-electron chi connectivity index (χ2n) is 10.4. The van der Waals surface area contributed by atoms with E-state index in [1.54, 1.807) is 61.5 Å². The van der Waals surface area contributed by atoms with Gasteiger partial charge in [-0.3, -0.25) is 9.35 Å². The van der Waals surface area contributed by atoms with Crippen LogP contribution in [0.15, 0.2) is 95.9 Å². The van der Waals surface area contributed by atoms with Gasteiger partial charge in [-0.15, -0.1) is 22.7 Å². The number of benzene rings is 5. The van der Waals surface area contributed by atoms with Crippen LogP contribution >= 0.6 is 22.7 Å². The summed E-state index contributed by atoms with van der Waals surface area (Å²) in [6, 6.07) is 26.4. The number of aromatic nitrogens is 2. The molecule has 0 aliphatic rings. The fraction of sp³-hybridized carbons (Fsp3) is 0.0303. The van der Waals surface area contributed by atoms with Gasteiger partial charge in [0.2, 0.25) is 0 Å². The lowest BCUT2D eigenvalue weighted by molar-refractivity contribution is 0.0696. The Hall–Kier alpha value is -5.01. The van der Waals surface area contributed by atoms with E-state index in [1.165, 1.54) is 28.7 Å². The Labute approximate surface area is 264 Å². The number of nitrogens with one attached hydrogen (secondary N) is 1. The summed E-state index contributed by atoms with van der Waals surface area (Å²) < 4.78 is 35.2. The van der Waals surface area contributed by atoms with E-state index >= 15 is 0 Å². The number of thiazole rings is 2. The van der Waals surface area contributed by atoms with E-state index in [0.29, 0.717) is 32.0 Å². The van der Waals surface area contributed by atoms with Crippen LogP contribution in [-0.2, 0) is 10.1 Å². The third kappa shape index (κ3) is 5.44. The van der Waals surface area contributed by atoms with Gasteiger partial charge >= 0.3 is 5.97 Å². The average molecular weight is 652 g/mol. The first-order valence-electron chi connectivity index (χ1n) is 13.5. The second-order valence-corrected chi connectivity index (χ2v) is 13.8. The molecule has 5 aromatic carbocycles. The van der Waals surface area contributed by atoms with E-state index in [2.05, 4.69) is 10.3 Å². The minimum atomic E-state index is -4.40. The highest BCUT2D eigenvalue weighted by molar-refractivity contribution is 7.86. The molecule has 2 aromatic heterocycles. The maximum absolute atomic E-state index is 12.9. The van der Waals surface area contributed by atoms with Gasteiger partial charge in [-0.2, -0.15) is 8.42 Å². The Kier molecular flexibility index (Phi) is 6.94.